The van der Waals surface area contributed by atoms with Crippen molar-refractivity contribution in [1.29, 1.82) is 0 Å². The van der Waals surface area contributed by atoms with Gasteiger partial charge < -0.3 is 0 Å². The maximum absolute atomic E-state index is 12.5. The van der Waals surface area contributed by atoms with Crippen molar-refractivity contribution in [1.82, 2.24) is 9.13 Å². The number of imidazole rings is 1. The van der Waals surface area contributed by atoms with Gasteiger partial charge in [0.25, 0.3) is 0 Å². The smallest absolute Gasteiger partial charge is 0.291 e. The Bertz CT molecular complexity index is 599. The van der Waals surface area contributed by atoms with Gasteiger partial charge >= 0.3 is 5.69 Å². The molecule has 94 valence electrons. The van der Waals surface area contributed by atoms with Gasteiger partial charge in [-0.15, -0.1) is 0 Å². The molecule has 18 heavy (non-hydrogen) atoms. The van der Waals surface area contributed by atoms with Gasteiger partial charge in [-0.25, -0.2) is 4.79 Å². The van der Waals surface area contributed by atoms with Crippen LogP contribution in [0.25, 0.3) is 11.0 Å². The van der Waals surface area contributed by atoms with Gasteiger partial charge in [-0.2, -0.15) is 23.5 Å². The summed E-state index contributed by atoms with van der Waals surface area (Å²) >= 11 is 3.89. The van der Waals surface area contributed by atoms with E-state index < -0.39 is 0 Å². The third-order valence-corrected chi connectivity index (χ3v) is 5.41. The largest absolute Gasteiger partial charge is 0.329 e. The van der Waals surface area contributed by atoms with Crippen molar-refractivity contribution in [2.45, 2.75) is 23.6 Å². The molecule has 2 saturated heterocycles. The van der Waals surface area contributed by atoms with E-state index >= 15 is 0 Å². The molecule has 1 aromatic carbocycles. The van der Waals surface area contributed by atoms with Crippen molar-refractivity contribution in [2.24, 2.45) is 0 Å². The van der Waals surface area contributed by atoms with Crippen molar-refractivity contribution in [3.63, 3.8) is 0 Å². The molecule has 5 heteroatoms. The van der Waals surface area contributed by atoms with Crippen LogP contribution in [0.5, 0.6) is 0 Å². The molecule has 0 aliphatic carbocycles. The molecule has 3 nitrogen and oxygen atoms in total. The van der Waals surface area contributed by atoms with Crippen LogP contribution in [-0.2, 0) is 13.1 Å². The summed E-state index contributed by atoms with van der Waals surface area (Å²) in [5, 5.41) is 1.30. The van der Waals surface area contributed by atoms with Crippen LogP contribution in [0.4, 0.5) is 0 Å². The van der Waals surface area contributed by atoms with Gasteiger partial charge in [0.2, 0.25) is 0 Å². The van der Waals surface area contributed by atoms with Crippen LogP contribution in [0.2, 0.25) is 0 Å². The summed E-state index contributed by atoms with van der Waals surface area (Å²) < 4.78 is 3.93. The molecule has 0 N–H and O–H groups in total. The van der Waals surface area contributed by atoms with E-state index in [9.17, 15) is 4.79 Å². The first kappa shape index (κ1) is 11.1. The topological polar surface area (TPSA) is 26.9 Å². The molecule has 0 bridgehead atoms. The standard InChI is InChI=1S/C13H14N2OS2/c16-13-14(5-9-7-17-9)11-3-1-2-4-12(11)15(13)6-10-8-18-10/h1-4,9-10H,5-8H2/t9-,10+. The molecule has 4 rings (SSSR count). The van der Waals surface area contributed by atoms with Gasteiger partial charge in [0.1, 0.15) is 0 Å². The van der Waals surface area contributed by atoms with Crippen LogP contribution < -0.4 is 5.69 Å². The summed E-state index contributed by atoms with van der Waals surface area (Å²) in [6.45, 7) is 1.74. The van der Waals surface area contributed by atoms with Crippen molar-refractivity contribution >= 4 is 34.6 Å². The maximum atomic E-state index is 12.5. The zero-order valence-electron chi connectivity index (χ0n) is 9.91. The third-order valence-electron chi connectivity index (χ3n) is 3.50. The summed E-state index contributed by atoms with van der Waals surface area (Å²) in [5.41, 5.74) is 2.37. The lowest BCUT2D eigenvalue weighted by atomic mass is 10.3. The predicted octanol–water partition coefficient (Wildman–Crippen LogP) is 2.03. The third kappa shape index (κ3) is 1.89. The summed E-state index contributed by atoms with van der Waals surface area (Å²) in [4.78, 5) is 12.5. The van der Waals surface area contributed by atoms with Gasteiger partial charge in [0.05, 0.1) is 11.0 Å². The molecule has 0 spiro atoms. The normalized spacial score (nSPS) is 25.6. The second kappa shape index (κ2) is 4.10. The molecule has 2 fully saturated rings. The zero-order valence-corrected chi connectivity index (χ0v) is 11.5. The number of nitrogens with zero attached hydrogens (tertiary/aromatic N) is 2. The number of benzene rings is 1. The van der Waals surface area contributed by atoms with Crippen LogP contribution in [0.1, 0.15) is 0 Å². The van der Waals surface area contributed by atoms with Crippen molar-refractivity contribution < 1.29 is 0 Å². The molecule has 0 radical (unpaired) electrons. The van der Waals surface area contributed by atoms with E-state index in [2.05, 4.69) is 12.1 Å². The number of aromatic nitrogens is 2. The number of thioether (sulfide) groups is 2. The van der Waals surface area contributed by atoms with E-state index in [4.69, 9.17) is 0 Å². The highest BCUT2D eigenvalue weighted by molar-refractivity contribution is 8.07. The van der Waals surface area contributed by atoms with Crippen LogP contribution in [0.3, 0.4) is 0 Å². The molecule has 0 saturated carbocycles. The van der Waals surface area contributed by atoms with E-state index in [1.807, 2.05) is 44.8 Å². The fourth-order valence-corrected chi connectivity index (χ4v) is 3.37. The second-order valence-corrected chi connectivity index (χ2v) is 7.57. The Morgan fingerprint density at radius 1 is 1.00 bits per heavy atom. The number of hydrogen-bond acceptors (Lipinski definition) is 3. The highest BCUT2D eigenvalue weighted by Gasteiger charge is 2.28. The molecular formula is C13H14N2OS2. The van der Waals surface area contributed by atoms with Crippen molar-refractivity contribution in [2.75, 3.05) is 11.5 Å². The van der Waals surface area contributed by atoms with Gasteiger partial charge in [-0.05, 0) is 12.1 Å². The Balaban J connectivity index is 1.86. The molecule has 0 amide bonds. The molecule has 2 aliphatic heterocycles. The summed E-state index contributed by atoms with van der Waals surface area (Å²) in [6.07, 6.45) is 0. The Kier molecular flexibility index (Phi) is 2.52. The molecule has 0 unspecified atom stereocenters. The second-order valence-electron chi connectivity index (χ2n) is 4.90. The van der Waals surface area contributed by atoms with Gasteiger partial charge in [-0.3, -0.25) is 9.13 Å². The van der Waals surface area contributed by atoms with Crippen molar-refractivity contribution in [3.8, 4) is 0 Å². The van der Waals surface area contributed by atoms with E-state index in [-0.39, 0.29) is 5.69 Å². The molecule has 2 aliphatic rings. The Morgan fingerprint density at radius 2 is 1.44 bits per heavy atom. The van der Waals surface area contributed by atoms with Crippen LogP contribution in [-0.4, -0.2) is 31.1 Å². The van der Waals surface area contributed by atoms with Crippen LogP contribution in [0.15, 0.2) is 29.1 Å². The first-order valence-electron chi connectivity index (χ1n) is 6.24. The average molecular weight is 278 g/mol. The number of fused-ring (bicyclic) bond motifs is 1. The fraction of sp³-hybridized carbons (Fsp3) is 0.462. The molecule has 2 atom stereocenters. The Hall–Kier alpha value is -0.810. The van der Waals surface area contributed by atoms with Crippen LogP contribution >= 0.6 is 23.5 Å². The van der Waals surface area contributed by atoms with E-state index in [1.165, 1.54) is 11.5 Å². The van der Waals surface area contributed by atoms with E-state index in [1.54, 1.807) is 0 Å². The lowest BCUT2D eigenvalue weighted by Crippen LogP contribution is -2.26. The Morgan fingerprint density at radius 3 is 1.83 bits per heavy atom. The summed E-state index contributed by atoms with van der Waals surface area (Å²) in [5.74, 6) is 2.40. The molecule has 3 heterocycles. The number of rotatable bonds is 4. The monoisotopic (exact) mass is 278 g/mol. The first-order chi connectivity index (χ1) is 8.83. The summed E-state index contributed by atoms with van der Waals surface area (Å²) in [7, 11) is 0. The quantitative estimate of drug-likeness (QED) is 0.801. The summed E-state index contributed by atoms with van der Waals surface area (Å²) in [6, 6.07) is 8.18. The molecular weight excluding hydrogens is 264 g/mol. The lowest BCUT2D eigenvalue weighted by molar-refractivity contribution is 0.641. The Labute approximate surface area is 114 Å². The first-order valence-corrected chi connectivity index (χ1v) is 8.34. The van der Waals surface area contributed by atoms with Crippen LogP contribution in [0, 0.1) is 0 Å². The fourth-order valence-electron chi connectivity index (χ4n) is 2.38. The highest BCUT2D eigenvalue weighted by atomic mass is 32.2. The van der Waals surface area contributed by atoms with Gasteiger partial charge in [0.15, 0.2) is 0 Å². The molecule has 2 aromatic rings. The average Bonchev–Trinajstić information content (AvgIpc) is 3.26. The van der Waals surface area contributed by atoms with Crippen molar-refractivity contribution in [3.05, 3.63) is 34.7 Å². The minimum absolute atomic E-state index is 0.177. The molecule has 1 aromatic heterocycles. The zero-order chi connectivity index (χ0) is 12.1. The lowest BCUT2D eigenvalue weighted by Gasteiger charge is -1.99. The van der Waals surface area contributed by atoms with E-state index in [0.717, 1.165) is 24.1 Å². The minimum Gasteiger partial charge on any atom is -0.291 e. The predicted molar refractivity (Wildman–Crippen MR) is 78.7 cm³/mol. The number of hydrogen-bond donors (Lipinski definition) is 0. The maximum Gasteiger partial charge on any atom is 0.329 e. The SMILES string of the molecule is O=c1n(C[C@H]2CS2)c2ccccc2n1C[C@@H]1CS1. The minimum atomic E-state index is 0.177. The highest BCUT2D eigenvalue weighted by Crippen LogP contribution is 2.33. The van der Waals surface area contributed by atoms with E-state index in [0.29, 0.717) is 10.5 Å². The number of para-hydroxylation sites is 2. The van der Waals surface area contributed by atoms with Gasteiger partial charge in [0, 0.05) is 35.1 Å². The van der Waals surface area contributed by atoms with Gasteiger partial charge in [-0.1, -0.05) is 12.1 Å².